The zero-order chi connectivity index (χ0) is 23.2. The summed E-state index contributed by atoms with van der Waals surface area (Å²) in [5.41, 5.74) is 2.80. The molecule has 1 aliphatic heterocycles. The monoisotopic (exact) mass is 449 g/mol. The normalized spacial score (nSPS) is 15.5. The summed E-state index contributed by atoms with van der Waals surface area (Å²) in [7, 11) is 3.19. The minimum Gasteiger partial charge on any atom is -0.493 e. The Morgan fingerprint density at radius 1 is 1.09 bits per heavy atom. The quantitative estimate of drug-likeness (QED) is 0.539. The van der Waals surface area contributed by atoms with Gasteiger partial charge in [-0.15, -0.1) is 0 Å². The van der Waals surface area contributed by atoms with Crippen molar-refractivity contribution in [2.75, 3.05) is 32.6 Å². The highest BCUT2D eigenvalue weighted by molar-refractivity contribution is 5.97. The first-order valence-corrected chi connectivity index (χ1v) is 10.8. The Kier molecular flexibility index (Phi) is 6.87. The van der Waals surface area contributed by atoms with Gasteiger partial charge in [-0.1, -0.05) is 18.2 Å². The molecule has 2 heterocycles. The van der Waals surface area contributed by atoms with Gasteiger partial charge in [0.15, 0.2) is 11.5 Å². The molecule has 0 spiro atoms. The van der Waals surface area contributed by atoms with E-state index in [0.717, 1.165) is 11.1 Å². The Labute approximate surface area is 192 Å². The molecule has 1 fully saturated rings. The van der Waals surface area contributed by atoms with E-state index < -0.39 is 0 Å². The number of aromatic nitrogens is 3. The lowest BCUT2D eigenvalue weighted by Crippen LogP contribution is -2.30. The number of carbonyl (C=O) groups is 2. The standard InChI is InChI=1S/C24H27N5O4/c1-32-21-8-5-17(11-22(21)33-2)9-10-28-14-19(12-23(28)30)24(31)27-20-6-3-18(4-7-20)13-29-16-25-15-26-29/h3-8,11,15-16,19H,9-10,12-14H2,1-2H3,(H,27,31)/t19-/m0/s1. The van der Waals surface area contributed by atoms with Crippen molar-refractivity contribution >= 4 is 17.5 Å². The molecular weight excluding hydrogens is 422 g/mol. The topological polar surface area (TPSA) is 98.6 Å². The minimum atomic E-state index is -0.363. The third-order valence-electron chi connectivity index (χ3n) is 5.74. The van der Waals surface area contributed by atoms with Crippen molar-refractivity contribution in [2.24, 2.45) is 5.92 Å². The maximum Gasteiger partial charge on any atom is 0.229 e. The van der Waals surface area contributed by atoms with Crippen LogP contribution in [0.15, 0.2) is 55.1 Å². The second-order valence-corrected chi connectivity index (χ2v) is 7.96. The van der Waals surface area contributed by atoms with E-state index >= 15 is 0 Å². The Hall–Kier alpha value is -3.88. The molecule has 1 aromatic heterocycles. The van der Waals surface area contributed by atoms with Gasteiger partial charge in [0.05, 0.1) is 26.7 Å². The number of methoxy groups -OCH3 is 2. The van der Waals surface area contributed by atoms with Gasteiger partial charge in [-0.25, -0.2) is 9.67 Å². The van der Waals surface area contributed by atoms with Crippen molar-refractivity contribution in [3.63, 3.8) is 0 Å². The van der Waals surface area contributed by atoms with Gasteiger partial charge in [0.2, 0.25) is 11.8 Å². The molecule has 1 saturated heterocycles. The molecule has 2 amide bonds. The molecule has 2 aromatic carbocycles. The third-order valence-corrected chi connectivity index (χ3v) is 5.74. The Morgan fingerprint density at radius 3 is 2.55 bits per heavy atom. The zero-order valence-electron chi connectivity index (χ0n) is 18.7. The van der Waals surface area contributed by atoms with E-state index in [9.17, 15) is 9.59 Å². The number of ether oxygens (including phenoxy) is 2. The van der Waals surface area contributed by atoms with Gasteiger partial charge in [0, 0.05) is 25.2 Å². The molecular formula is C24H27N5O4. The van der Waals surface area contributed by atoms with Crippen LogP contribution in [0.2, 0.25) is 0 Å². The van der Waals surface area contributed by atoms with Crippen LogP contribution in [0.5, 0.6) is 11.5 Å². The number of benzene rings is 2. The lowest BCUT2D eigenvalue weighted by Gasteiger charge is -2.17. The summed E-state index contributed by atoms with van der Waals surface area (Å²) >= 11 is 0. The molecule has 1 N–H and O–H groups in total. The predicted octanol–water partition coefficient (Wildman–Crippen LogP) is 2.37. The van der Waals surface area contributed by atoms with Crippen LogP contribution >= 0.6 is 0 Å². The molecule has 4 rings (SSSR count). The zero-order valence-corrected chi connectivity index (χ0v) is 18.7. The Balaban J connectivity index is 1.29. The fourth-order valence-corrected chi connectivity index (χ4v) is 3.90. The van der Waals surface area contributed by atoms with Gasteiger partial charge < -0.3 is 19.7 Å². The number of likely N-dealkylation sites (tertiary alicyclic amines) is 1. The second kappa shape index (κ2) is 10.2. The van der Waals surface area contributed by atoms with Gasteiger partial charge in [-0.05, 0) is 41.8 Å². The number of nitrogens with zero attached hydrogens (tertiary/aromatic N) is 4. The number of rotatable bonds is 9. The predicted molar refractivity (Wildman–Crippen MR) is 122 cm³/mol. The summed E-state index contributed by atoms with van der Waals surface area (Å²) in [5, 5.41) is 7.02. The first kappa shape index (κ1) is 22.3. The highest BCUT2D eigenvalue weighted by atomic mass is 16.5. The van der Waals surface area contributed by atoms with Crippen molar-refractivity contribution in [1.82, 2.24) is 19.7 Å². The van der Waals surface area contributed by atoms with Crippen molar-refractivity contribution in [2.45, 2.75) is 19.4 Å². The number of hydrogen-bond acceptors (Lipinski definition) is 6. The molecule has 9 heteroatoms. The SMILES string of the molecule is COc1ccc(CCN2C[C@@H](C(=O)Nc3ccc(Cn4cncn4)cc3)CC2=O)cc1OC. The van der Waals surface area contributed by atoms with Gasteiger partial charge >= 0.3 is 0 Å². The number of hydrogen-bond donors (Lipinski definition) is 1. The fourth-order valence-electron chi connectivity index (χ4n) is 3.90. The van der Waals surface area contributed by atoms with Crippen LogP contribution in [-0.2, 0) is 22.6 Å². The molecule has 1 aliphatic rings. The fraction of sp³-hybridized carbons (Fsp3) is 0.333. The molecule has 0 radical (unpaired) electrons. The highest BCUT2D eigenvalue weighted by Crippen LogP contribution is 2.28. The summed E-state index contributed by atoms with van der Waals surface area (Å²) in [6, 6.07) is 13.3. The molecule has 0 aliphatic carbocycles. The Morgan fingerprint density at radius 2 is 1.85 bits per heavy atom. The van der Waals surface area contributed by atoms with Gasteiger partial charge in [0.25, 0.3) is 0 Å². The molecule has 0 bridgehead atoms. The lowest BCUT2D eigenvalue weighted by molar-refractivity contribution is -0.128. The first-order chi connectivity index (χ1) is 16.1. The molecule has 172 valence electrons. The lowest BCUT2D eigenvalue weighted by atomic mass is 10.1. The van der Waals surface area contributed by atoms with E-state index in [2.05, 4.69) is 15.4 Å². The van der Waals surface area contributed by atoms with Crippen LogP contribution in [0.4, 0.5) is 5.69 Å². The molecule has 1 atom stereocenters. The van der Waals surface area contributed by atoms with Crippen LogP contribution in [-0.4, -0.2) is 58.8 Å². The van der Waals surface area contributed by atoms with Crippen molar-refractivity contribution < 1.29 is 19.1 Å². The van der Waals surface area contributed by atoms with Gasteiger partial charge in [0.1, 0.15) is 12.7 Å². The summed E-state index contributed by atoms with van der Waals surface area (Å²) in [6.45, 7) is 1.58. The van der Waals surface area contributed by atoms with Crippen LogP contribution in [0.3, 0.4) is 0 Å². The van der Waals surface area contributed by atoms with Crippen LogP contribution < -0.4 is 14.8 Å². The van der Waals surface area contributed by atoms with E-state index in [0.29, 0.717) is 43.2 Å². The van der Waals surface area contributed by atoms with E-state index in [1.54, 1.807) is 30.1 Å². The van der Waals surface area contributed by atoms with Crippen LogP contribution in [0.25, 0.3) is 0 Å². The summed E-state index contributed by atoms with van der Waals surface area (Å²) < 4.78 is 12.3. The minimum absolute atomic E-state index is 0.00110. The number of carbonyl (C=O) groups excluding carboxylic acids is 2. The first-order valence-electron chi connectivity index (χ1n) is 10.8. The van der Waals surface area contributed by atoms with E-state index in [4.69, 9.17) is 9.47 Å². The van der Waals surface area contributed by atoms with E-state index in [1.807, 2.05) is 42.5 Å². The largest absolute Gasteiger partial charge is 0.493 e. The number of anilines is 1. The molecule has 3 aromatic rings. The van der Waals surface area contributed by atoms with Crippen LogP contribution in [0.1, 0.15) is 17.5 Å². The summed E-state index contributed by atoms with van der Waals surface area (Å²) in [5.74, 6) is 0.825. The summed E-state index contributed by atoms with van der Waals surface area (Å²) in [6.07, 6.45) is 4.05. The summed E-state index contributed by atoms with van der Waals surface area (Å²) in [4.78, 5) is 30.9. The second-order valence-electron chi connectivity index (χ2n) is 7.96. The number of amides is 2. The maximum atomic E-state index is 12.7. The number of nitrogens with one attached hydrogen (secondary N) is 1. The Bertz CT molecular complexity index is 1100. The van der Waals surface area contributed by atoms with Gasteiger partial charge in [-0.3, -0.25) is 9.59 Å². The molecule has 0 unspecified atom stereocenters. The average molecular weight is 450 g/mol. The smallest absolute Gasteiger partial charge is 0.229 e. The van der Waals surface area contributed by atoms with Crippen molar-refractivity contribution in [3.8, 4) is 11.5 Å². The molecule has 9 nitrogen and oxygen atoms in total. The molecule has 33 heavy (non-hydrogen) atoms. The van der Waals surface area contributed by atoms with Crippen molar-refractivity contribution in [3.05, 3.63) is 66.2 Å². The van der Waals surface area contributed by atoms with Crippen LogP contribution in [0, 0.1) is 5.92 Å². The highest BCUT2D eigenvalue weighted by Gasteiger charge is 2.34. The average Bonchev–Trinajstić information content (AvgIpc) is 3.48. The van der Waals surface area contributed by atoms with E-state index in [1.165, 1.54) is 6.33 Å². The van der Waals surface area contributed by atoms with E-state index in [-0.39, 0.29) is 24.2 Å². The van der Waals surface area contributed by atoms with Gasteiger partial charge in [-0.2, -0.15) is 5.10 Å². The van der Waals surface area contributed by atoms with Crippen molar-refractivity contribution in [1.29, 1.82) is 0 Å². The maximum absolute atomic E-state index is 12.7. The third kappa shape index (κ3) is 5.49. The molecule has 0 saturated carbocycles.